The first-order valence-electron chi connectivity index (χ1n) is 18.1. The van der Waals surface area contributed by atoms with Crippen molar-refractivity contribution < 1.29 is 38.0 Å². The minimum Gasteiger partial charge on any atom is -0.471 e. The lowest BCUT2D eigenvalue weighted by molar-refractivity contribution is -0.265. The summed E-state index contributed by atoms with van der Waals surface area (Å²) in [5.74, 6) is -1.91. The van der Waals surface area contributed by atoms with Gasteiger partial charge in [-0.05, 0) is 27.4 Å². The molecule has 1 saturated heterocycles. The number of carbonyl (C=O) groups is 2. The van der Waals surface area contributed by atoms with Crippen LogP contribution in [0.5, 0.6) is 5.88 Å². The minimum atomic E-state index is -1.03. The highest BCUT2D eigenvalue weighted by molar-refractivity contribution is 5.93. The zero-order valence-corrected chi connectivity index (χ0v) is 30.8. The smallest absolute Gasteiger partial charge is 0.303 e. The van der Waals surface area contributed by atoms with E-state index in [0.29, 0.717) is 0 Å². The van der Waals surface area contributed by atoms with Gasteiger partial charge in [-0.25, -0.2) is 0 Å². The first-order valence-corrected chi connectivity index (χ1v) is 18.1. The van der Waals surface area contributed by atoms with Crippen LogP contribution in [-0.4, -0.2) is 59.0 Å². The summed E-state index contributed by atoms with van der Waals surface area (Å²) in [4.78, 5) is 46.8. The van der Waals surface area contributed by atoms with Gasteiger partial charge in [0.15, 0.2) is 11.9 Å². The quantitative estimate of drug-likeness (QED) is 0.0736. The van der Waals surface area contributed by atoms with Gasteiger partial charge in [0.2, 0.25) is 17.5 Å². The molecule has 1 aliphatic heterocycles. The third-order valence-electron chi connectivity index (χ3n) is 8.82. The maximum atomic E-state index is 13.9. The van der Waals surface area contributed by atoms with Gasteiger partial charge in [-0.1, -0.05) is 121 Å². The number of nitrogens with one attached hydrogen (secondary N) is 1. The Kier molecular flexibility index (Phi) is 14.2. The topological polar surface area (TPSA) is 183 Å². The van der Waals surface area contributed by atoms with Crippen LogP contribution in [0, 0.1) is 4.91 Å². The Morgan fingerprint density at radius 1 is 0.696 bits per heavy atom. The third kappa shape index (κ3) is 11.2. The molecular formula is C42H43N5O9. The molecular weight excluding hydrogens is 718 g/mol. The van der Waals surface area contributed by atoms with E-state index in [-0.39, 0.29) is 62.8 Å². The number of anilines is 2. The number of carbonyl (C=O) groups excluding carboxylic acids is 2. The van der Waals surface area contributed by atoms with E-state index in [4.69, 9.17) is 34.2 Å². The molecule has 1 amide bonds. The van der Waals surface area contributed by atoms with Gasteiger partial charge in [0, 0.05) is 6.92 Å². The Morgan fingerprint density at radius 3 is 1.71 bits per heavy atom. The number of nitroso groups, excluding NO2 is 1. The average Bonchev–Trinajstić information content (AvgIpc) is 3.21. The van der Waals surface area contributed by atoms with Crippen molar-refractivity contribution in [1.29, 1.82) is 0 Å². The number of nitrogens with two attached hydrogens (primary N) is 1. The van der Waals surface area contributed by atoms with Crippen LogP contribution in [0.3, 0.4) is 0 Å². The number of aromatic nitrogens is 2. The molecule has 290 valence electrons. The lowest BCUT2D eigenvalue weighted by atomic mass is 9.92. The average molecular weight is 762 g/mol. The fourth-order valence-electron chi connectivity index (χ4n) is 6.23. The number of nitrogens with zero attached hydrogens (tertiary/aromatic N) is 3. The lowest BCUT2D eigenvalue weighted by Gasteiger charge is -2.45. The fourth-order valence-corrected chi connectivity index (χ4v) is 6.23. The van der Waals surface area contributed by atoms with Crippen molar-refractivity contribution in [3.8, 4) is 5.88 Å². The summed E-state index contributed by atoms with van der Waals surface area (Å²) in [5, 5.41) is 5.68. The highest BCUT2D eigenvalue weighted by Gasteiger charge is 2.50. The van der Waals surface area contributed by atoms with Gasteiger partial charge < -0.3 is 39.5 Å². The van der Waals surface area contributed by atoms with Gasteiger partial charge in [0.05, 0.1) is 39.0 Å². The number of hydrogen-bond donors (Lipinski definition) is 2. The van der Waals surface area contributed by atoms with Crippen LogP contribution in [0.1, 0.15) is 35.6 Å². The Labute approximate surface area is 324 Å². The number of rotatable bonds is 18. The van der Waals surface area contributed by atoms with E-state index in [0.717, 1.165) is 22.3 Å². The van der Waals surface area contributed by atoms with E-state index in [9.17, 15) is 14.5 Å². The molecule has 0 saturated carbocycles. The summed E-state index contributed by atoms with van der Waals surface area (Å²) >= 11 is 0. The molecule has 3 N–H and O–H groups in total. The molecule has 0 unspecified atom stereocenters. The number of benzene rings is 4. The van der Waals surface area contributed by atoms with Crippen molar-refractivity contribution in [3.63, 3.8) is 0 Å². The largest absolute Gasteiger partial charge is 0.471 e. The molecule has 56 heavy (non-hydrogen) atoms. The molecule has 4 aromatic carbocycles. The van der Waals surface area contributed by atoms with Crippen molar-refractivity contribution in [3.05, 3.63) is 148 Å². The second-order valence-electron chi connectivity index (χ2n) is 13.0. The summed E-state index contributed by atoms with van der Waals surface area (Å²) in [6, 6.07) is 37.8. The first kappa shape index (κ1) is 39.6. The predicted octanol–water partition coefficient (Wildman–Crippen LogP) is 6.45. The fraction of sp³-hybridized carbons (Fsp3) is 0.286. The Balaban J connectivity index is 1.27. The molecule has 14 nitrogen and oxygen atoms in total. The number of nitrogen functional groups attached to an aromatic ring is 1. The highest BCUT2D eigenvalue weighted by atomic mass is 16.6. The molecule has 14 heteroatoms. The van der Waals surface area contributed by atoms with Gasteiger partial charge in [-0.2, -0.15) is 9.97 Å². The molecule has 1 aliphatic rings. The van der Waals surface area contributed by atoms with Gasteiger partial charge in [-0.3, -0.25) is 9.59 Å². The zero-order chi connectivity index (χ0) is 39.1. The molecule has 5 aromatic rings. The molecule has 2 heterocycles. The van der Waals surface area contributed by atoms with Crippen LogP contribution in [-0.2, 0) is 59.7 Å². The zero-order valence-electron chi connectivity index (χ0n) is 30.8. The van der Waals surface area contributed by atoms with Crippen molar-refractivity contribution in [2.24, 2.45) is 5.18 Å². The summed E-state index contributed by atoms with van der Waals surface area (Å²) in [5.41, 5.74) is 9.10. The molecule has 1 fully saturated rings. The Bertz CT molecular complexity index is 2010. The number of hydrogen-bond acceptors (Lipinski definition) is 13. The van der Waals surface area contributed by atoms with Gasteiger partial charge in [0.1, 0.15) is 24.9 Å². The third-order valence-corrected chi connectivity index (χ3v) is 8.82. The standard InChI is InChI=1S/C42H43N5O9/c1-28(48)55-39-37(52-24-30-16-8-3-9-17-30)33(22-35(49)44-40-36(47-50)41(46-42(43)45-40)54-26-32-20-12-5-13-21-32)56-34(27-51-23-29-14-6-2-7-15-29)38(39)53-25-31-18-10-4-11-19-31/h2-21,33-34,37-39H,22-27H2,1H3,(H3,43,44,45,46,49)/t33-,34-,37-,38-,39-/m1/s1. The molecule has 0 bridgehead atoms. The maximum Gasteiger partial charge on any atom is 0.303 e. The number of amides is 1. The molecule has 6 rings (SSSR count). The molecule has 0 radical (unpaired) electrons. The second-order valence-corrected chi connectivity index (χ2v) is 13.0. The molecule has 0 aliphatic carbocycles. The number of ether oxygens (including phenoxy) is 6. The maximum absolute atomic E-state index is 13.9. The normalized spacial score (nSPS) is 19.1. The van der Waals surface area contributed by atoms with E-state index in [1.807, 2.05) is 121 Å². The van der Waals surface area contributed by atoms with Gasteiger partial charge in [-0.15, -0.1) is 4.91 Å². The Hall–Kier alpha value is -6.06. The summed E-state index contributed by atoms with van der Waals surface area (Å²) in [6.07, 6.45) is -5.06. The van der Waals surface area contributed by atoms with E-state index in [1.54, 1.807) is 0 Å². The second kappa shape index (κ2) is 20.0. The van der Waals surface area contributed by atoms with Gasteiger partial charge in [0.25, 0.3) is 5.88 Å². The van der Waals surface area contributed by atoms with Crippen molar-refractivity contribution in [2.45, 2.75) is 70.3 Å². The highest BCUT2D eigenvalue weighted by Crippen LogP contribution is 2.35. The van der Waals surface area contributed by atoms with Crippen molar-refractivity contribution in [2.75, 3.05) is 17.7 Å². The monoisotopic (exact) mass is 761 g/mol. The predicted molar refractivity (Wildman–Crippen MR) is 206 cm³/mol. The summed E-state index contributed by atoms with van der Waals surface area (Å²) in [7, 11) is 0. The van der Waals surface area contributed by atoms with E-state index >= 15 is 0 Å². The van der Waals surface area contributed by atoms with E-state index < -0.39 is 42.4 Å². The first-order chi connectivity index (χ1) is 27.4. The number of esters is 1. The lowest BCUT2D eigenvalue weighted by Crippen LogP contribution is -2.62. The van der Waals surface area contributed by atoms with Crippen LogP contribution in [0.2, 0.25) is 0 Å². The van der Waals surface area contributed by atoms with Gasteiger partial charge >= 0.3 is 5.97 Å². The van der Waals surface area contributed by atoms with Crippen LogP contribution in [0.25, 0.3) is 0 Å². The minimum absolute atomic E-state index is 0.0272. The van der Waals surface area contributed by atoms with Crippen LogP contribution < -0.4 is 15.8 Å². The van der Waals surface area contributed by atoms with E-state index in [1.165, 1.54) is 6.92 Å². The molecule has 1 aromatic heterocycles. The molecule has 0 spiro atoms. The summed E-state index contributed by atoms with van der Waals surface area (Å²) < 4.78 is 37.5. The summed E-state index contributed by atoms with van der Waals surface area (Å²) in [6.45, 7) is 1.93. The van der Waals surface area contributed by atoms with Crippen LogP contribution in [0.4, 0.5) is 17.5 Å². The Morgan fingerprint density at radius 2 is 1.20 bits per heavy atom. The molecule has 5 atom stereocenters. The van der Waals surface area contributed by atoms with Crippen LogP contribution in [0.15, 0.2) is 127 Å². The SMILES string of the molecule is CC(=O)O[C@H]1[C@H](OCc2ccccc2)[C@@H](COCc2ccccc2)O[C@H](CC(=O)Nc2nc(N)nc(OCc3ccccc3)c2N=O)[C@H]1OCc1ccccc1. The van der Waals surface area contributed by atoms with Crippen molar-refractivity contribution >= 4 is 29.3 Å². The van der Waals surface area contributed by atoms with Crippen molar-refractivity contribution in [1.82, 2.24) is 9.97 Å². The van der Waals surface area contributed by atoms with Crippen LogP contribution >= 0.6 is 0 Å². The van der Waals surface area contributed by atoms with E-state index in [2.05, 4.69) is 20.5 Å².